The van der Waals surface area contributed by atoms with E-state index < -0.39 is 0 Å². The van der Waals surface area contributed by atoms with Gasteiger partial charge in [0, 0.05) is 0 Å². The number of hydrogen-bond donors (Lipinski definition) is 0. The van der Waals surface area contributed by atoms with Crippen LogP contribution >= 0.6 is 0 Å². The van der Waals surface area contributed by atoms with Crippen LogP contribution in [0, 0.1) is 11.3 Å². The topological polar surface area (TPSA) is 23.8 Å². The van der Waals surface area contributed by atoms with E-state index in [0.717, 1.165) is 0 Å². The van der Waals surface area contributed by atoms with Crippen molar-refractivity contribution >= 4 is 15.0 Å². The van der Waals surface area contributed by atoms with Crippen molar-refractivity contribution in [3.05, 3.63) is 11.1 Å². The van der Waals surface area contributed by atoms with Crippen LogP contribution in [0.2, 0.25) is 4.31 Å². The Balaban J connectivity index is 3.54. The summed E-state index contributed by atoms with van der Waals surface area (Å²) in [6.45, 7) is 6.53. The molecule has 0 aromatic heterocycles. The first-order valence-corrected chi connectivity index (χ1v) is 4.63. The Morgan fingerprint density at radius 1 is 1.44 bits per heavy atom. The maximum atomic E-state index is 8.14. The molecule has 0 saturated carbocycles. The van der Waals surface area contributed by atoms with E-state index in [-0.39, 0.29) is 0 Å². The molecule has 0 unspecified atom stereocenters. The van der Waals surface area contributed by atoms with E-state index in [1.807, 2.05) is 11.0 Å². The van der Waals surface area contributed by atoms with Crippen molar-refractivity contribution in [2.24, 2.45) is 0 Å². The molecule has 0 radical (unpaired) electrons. The Morgan fingerprint density at radius 3 is 2.33 bits per heavy atom. The third kappa shape index (κ3) is 7.75. The first kappa shape index (κ1) is 8.75. The van der Waals surface area contributed by atoms with Crippen LogP contribution in [0.4, 0.5) is 0 Å². The third-order valence-electron chi connectivity index (χ3n) is 0.564. The fraction of sp³-hybridized carbons (Fsp3) is 0.571. The van der Waals surface area contributed by atoms with Crippen molar-refractivity contribution in [1.82, 2.24) is 0 Å². The molecule has 0 aliphatic heterocycles. The van der Waals surface area contributed by atoms with E-state index in [2.05, 4.69) is 20.8 Å². The van der Waals surface area contributed by atoms with Gasteiger partial charge in [0.25, 0.3) is 0 Å². The van der Waals surface area contributed by atoms with Gasteiger partial charge in [0.2, 0.25) is 0 Å². The molecule has 0 aromatic rings. The van der Waals surface area contributed by atoms with Gasteiger partial charge in [-0.1, -0.05) is 0 Å². The molecule has 0 amide bonds. The Kier molecular flexibility index (Phi) is 3.61. The summed E-state index contributed by atoms with van der Waals surface area (Å²) in [5.41, 5.74) is 0. The van der Waals surface area contributed by atoms with Crippen molar-refractivity contribution in [1.29, 1.82) is 5.26 Å². The zero-order valence-corrected chi connectivity index (χ0v) is 7.72. The van der Waals surface area contributed by atoms with Gasteiger partial charge in [0.05, 0.1) is 0 Å². The Labute approximate surface area is 62.9 Å². The standard InChI is InChI=1S/C7H11NSe/c1-7(2,3)9-6-4-5-8/h4,6H,1-3H3/b6-4+. The van der Waals surface area contributed by atoms with Crippen LogP contribution in [0.25, 0.3) is 0 Å². The number of hydrogen-bond acceptors (Lipinski definition) is 1. The molecule has 0 N–H and O–H groups in total. The molecule has 0 bridgehead atoms. The molecule has 0 aromatic carbocycles. The molecule has 0 saturated heterocycles. The average Bonchev–Trinajstić information content (AvgIpc) is 1.63. The molecule has 9 heavy (non-hydrogen) atoms. The average molecular weight is 188 g/mol. The van der Waals surface area contributed by atoms with E-state index in [0.29, 0.717) is 19.3 Å². The Hall–Kier alpha value is -0.251. The maximum absolute atomic E-state index is 8.14. The summed E-state index contributed by atoms with van der Waals surface area (Å²) in [6, 6.07) is 1.98. The summed E-state index contributed by atoms with van der Waals surface area (Å²) in [4.78, 5) is 1.97. The molecule has 0 aliphatic rings. The summed E-state index contributed by atoms with van der Waals surface area (Å²) in [6.07, 6.45) is 1.56. The zero-order valence-electron chi connectivity index (χ0n) is 6.01. The predicted octanol–water partition coefficient (Wildman–Crippen LogP) is 1.95. The summed E-state index contributed by atoms with van der Waals surface area (Å²) < 4.78 is 0.375. The SMILES string of the molecule is CC(C)(C)[Se]/C=C/C#N. The van der Waals surface area contributed by atoms with E-state index in [1.54, 1.807) is 6.08 Å². The third-order valence-corrected chi connectivity index (χ3v) is 2.62. The van der Waals surface area contributed by atoms with Gasteiger partial charge in [0.15, 0.2) is 0 Å². The van der Waals surface area contributed by atoms with E-state index in [1.165, 1.54) is 0 Å². The van der Waals surface area contributed by atoms with Gasteiger partial charge in [-0.3, -0.25) is 0 Å². The molecule has 0 rings (SSSR count). The summed E-state index contributed by atoms with van der Waals surface area (Å²) in [5.74, 6) is 0. The van der Waals surface area contributed by atoms with Crippen molar-refractivity contribution in [2.45, 2.75) is 25.1 Å². The molecule has 0 atom stereocenters. The summed E-state index contributed by atoms with van der Waals surface area (Å²) in [7, 11) is 0. The quantitative estimate of drug-likeness (QED) is 0.455. The summed E-state index contributed by atoms with van der Waals surface area (Å²) in [5, 5.41) is 8.14. The number of nitriles is 1. The van der Waals surface area contributed by atoms with Crippen LogP contribution in [0.5, 0.6) is 0 Å². The second kappa shape index (κ2) is 3.71. The minimum atomic E-state index is 0.375. The van der Waals surface area contributed by atoms with Gasteiger partial charge < -0.3 is 0 Å². The first-order valence-electron chi connectivity index (χ1n) is 2.79. The second-order valence-electron chi connectivity index (χ2n) is 2.66. The van der Waals surface area contributed by atoms with Gasteiger partial charge in [-0.2, -0.15) is 0 Å². The molecule has 50 valence electrons. The van der Waals surface area contributed by atoms with Crippen molar-refractivity contribution in [2.75, 3.05) is 0 Å². The second-order valence-corrected chi connectivity index (χ2v) is 6.30. The number of nitrogens with zero attached hydrogens (tertiary/aromatic N) is 1. The van der Waals surface area contributed by atoms with Crippen molar-refractivity contribution in [3.63, 3.8) is 0 Å². The van der Waals surface area contributed by atoms with Crippen LogP contribution in [-0.4, -0.2) is 15.0 Å². The fourth-order valence-electron chi connectivity index (χ4n) is 0.269. The van der Waals surface area contributed by atoms with Gasteiger partial charge in [-0.05, 0) is 0 Å². The summed E-state index contributed by atoms with van der Waals surface area (Å²) >= 11 is 0.461. The molecule has 0 aliphatic carbocycles. The van der Waals surface area contributed by atoms with Crippen LogP contribution in [0.15, 0.2) is 11.1 Å². The van der Waals surface area contributed by atoms with Crippen LogP contribution in [0.1, 0.15) is 20.8 Å². The van der Waals surface area contributed by atoms with E-state index >= 15 is 0 Å². The molecule has 1 nitrogen and oxygen atoms in total. The van der Waals surface area contributed by atoms with Gasteiger partial charge in [0.1, 0.15) is 0 Å². The van der Waals surface area contributed by atoms with Crippen LogP contribution in [0.3, 0.4) is 0 Å². The fourth-order valence-corrected chi connectivity index (χ4v) is 1.40. The minimum absolute atomic E-state index is 0.375. The van der Waals surface area contributed by atoms with E-state index in [4.69, 9.17) is 5.26 Å². The molecule has 0 spiro atoms. The van der Waals surface area contributed by atoms with Crippen LogP contribution in [-0.2, 0) is 0 Å². The monoisotopic (exact) mass is 189 g/mol. The normalized spacial score (nSPS) is 11.8. The van der Waals surface area contributed by atoms with Crippen molar-refractivity contribution in [3.8, 4) is 6.07 Å². The molecule has 0 heterocycles. The number of allylic oxidation sites excluding steroid dienone is 1. The van der Waals surface area contributed by atoms with Crippen LogP contribution < -0.4 is 0 Å². The Bertz CT molecular complexity index is 136. The number of rotatable bonds is 1. The van der Waals surface area contributed by atoms with Gasteiger partial charge in [-0.25, -0.2) is 0 Å². The first-order chi connectivity index (χ1) is 4.06. The molecular formula is C7H11NSe. The Morgan fingerprint density at radius 2 is 2.00 bits per heavy atom. The zero-order chi connectivity index (χ0) is 7.33. The van der Waals surface area contributed by atoms with Gasteiger partial charge in [-0.15, -0.1) is 0 Å². The molecule has 0 fully saturated rings. The predicted molar refractivity (Wildman–Crippen MR) is 40.2 cm³/mol. The molecular weight excluding hydrogens is 177 g/mol. The van der Waals surface area contributed by atoms with E-state index in [9.17, 15) is 0 Å². The molecule has 2 heteroatoms. The van der Waals surface area contributed by atoms with Crippen molar-refractivity contribution < 1.29 is 0 Å². The van der Waals surface area contributed by atoms with Gasteiger partial charge >= 0.3 is 62.4 Å².